The molecule has 2 rings (SSSR count). The highest BCUT2D eigenvalue weighted by molar-refractivity contribution is 7.90. The van der Waals surface area contributed by atoms with Crippen molar-refractivity contribution in [3.63, 3.8) is 0 Å². The Bertz CT molecular complexity index is 908. The van der Waals surface area contributed by atoms with Gasteiger partial charge in [-0.05, 0) is 35.4 Å². The second-order valence-electron chi connectivity index (χ2n) is 5.97. The Labute approximate surface area is 176 Å². The number of carbonyl (C=O) groups excluding carboxylic acids is 2. The maximum atomic E-state index is 13.3. The fourth-order valence-corrected chi connectivity index (χ4v) is 3.20. The zero-order valence-corrected chi connectivity index (χ0v) is 17.2. The Hall–Kier alpha value is -2.55. The monoisotopic (exact) mass is 438 g/mol. The summed E-state index contributed by atoms with van der Waals surface area (Å²) in [6.45, 7) is 3.62. The van der Waals surface area contributed by atoms with Crippen molar-refractivity contribution in [1.29, 1.82) is 0 Å². The van der Waals surface area contributed by atoms with E-state index >= 15 is 0 Å². The number of halogens is 2. The van der Waals surface area contributed by atoms with Crippen LogP contribution in [-0.2, 0) is 16.0 Å². The molecule has 29 heavy (non-hydrogen) atoms. The molecule has 2 aromatic rings. The Kier molecular flexibility index (Phi) is 8.50. The van der Waals surface area contributed by atoms with Gasteiger partial charge in [-0.1, -0.05) is 30.3 Å². The van der Waals surface area contributed by atoms with E-state index in [9.17, 15) is 18.5 Å². The summed E-state index contributed by atoms with van der Waals surface area (Å²) in [4.78, 5) is 24.6. The summed E-state index contributed by atoms with van der Waals surface area (Å²) in [5, 5.41) is 5.20. The number of rotatable bonds is 9. The van der Waals surface area contributed by atoms with E-state index in [0.717, 1.165) is 6.07 Å². The lowest BCUT2D eigenvalue weighted by Gasteiger charge is -2.12. The molecule has 0 bridgehead atoms. The van der Waals surface area contributed by atoms with Gasteiger partial charge in [0.2, 0.25) is 0 Å². The van der Waals surface area contributed by atoms with Gasteiger partial charge in [-0.15, -0.1) is 0 Å². The molecule has 2 N–H and O–H groups in total. The summed E-state index contributed by atoms with van der Waals surface area (Å²) in [5.74, 6) is -1.29. The van der Waals surface area contributed by atoms with Gasteiger partial charge in [0.25, 0.3) is 11.8 Å². The molecule has 1 unspecified atom stereocenters. The third-order valence-electron chi connectivity index (χ3n) is 3.73. The van der Waals surface area contributed by atoms with Crippen LogP contribution in [0.2, 0.25) is 5.02 Å². The highest BCUT2D eigenvalue weighted by Gasteiger charge is 2.17. The number of benzene rings is 2. The van der Waals surface area contributed by atoms with E-state index in [1.165, 1.54) is 18.4 Å². The zero-order valence-electron chi connectivity index (χ0n) is 15.7. The minimum absolute atomic E-state index is 0.0370. The molecule has 154 valence electrons. The molecule has 0 fully saturated rings. The minimum atomic E-state index is -1.28. The van der Waals surface area contributed by atoms with Crippen molar-refractivity contribution in [3.05, 3.63) is 71.1 Å². The summed E-state index contributed by atoms with van der Waals surface area (Å²) in [7, 11) is 0. The standard InChI is InChI=1S/C20H20ClFN2O4S/c1-13(24-19(25)12-28-14-7-8-16(21)17(22)11-14)9-10-23-20(26)15-5-3-4-6-18(15)29(2)27/h3-8,11H,1,9-10,12H2,2H3,(H,23,26)(H,24,25). The van der Waals surface area contributed by atoms with Crippen LogP contribution in [-0.4, -0.2) is 35.8 Å². The summed E-state index contributed by atoms with van der Waals surface area (Å²) in [6.07, 6.45) is 1.80. The van der Waals surface area contributed by atoms with E-state index in [-0.39, 0.29) is 29.8 Å². The maximum Gasteiger partial charge on any atom is 0.262 e. The minimum Gasteiger partial charge on any atom is -0.612 e. The largest absolute Gasteiger partial charge is 0.612 e. The number of nitrogens with one attached hydrogen (secondary N) is 2. The average Bonchev–Trinajstić information content (AvgIpc) is 2.68. The Morgan fingerprint density at radius 3 is 2.69 bits per heavy atom. The van der Waals surface area contributed by atoms with Crippen molar-refractivity contribution < 1.29 is 23.3 Å². The first kappa shape index (κ1) is 22.7. The van der Waals surface area contributed by atoms with Crippen molar-refractivity contribution in [2.24, 2.45) is 0 Å². The van der Waals surface area contributed by atoms with Gasteiger partial charge in [0, 0.05) is 24.7 Å². The lowest BCUT2D eigenvalue weighted by molar-refractivity contribution is -0.122. The molecule has 2 amide bonds. The van der Waals surface area contributed by atoms with Gasteiger partial charge in [0.1, 0.15) is 17.8 Å². The molecular formula is C20H20ClFN2O4S. The predicted molar refractivity (Wildman–Crippen MR) is 110 cm³/mol. The number of hydrogen-bond acceptors (Lipinski definition) is 4. The molecule has 0 heterocycles. The number of ether oxygens (including phenoxy) is 1. The normalized spacial score (nSPS) is 11.4. The van der Waals surface area contributed by atoms with E-state index in [4.69, 9.17) is 16.3 Å². The lowest BCUT2D eigenvalue weighted by atomic mass is 10.2. The van der Waals surface area contributed by atoms with E-state index < -0.39 is 22.9 Å². The van der Waals surface area contributed by atoms with Gasteiger partial charge >= 0.3 is 0 Å². The molecule has 0 aliphatic heterocycles. The summed E-state index contributed by atoms with van der Waals surface area (Å²) >= 11 is 4.30. The van der Waals surface area contributed by atoms with Crippen LogP contribution in [0.15, 0.2) is 59.6 Å². The average molecular weight is 439 g/mol. The van der Waals surface area contributed by atoms with Crippen LogP contribution in [0.4, 0.5) is 4.39 Å². The van der Waals surface area contributed by atoms with E-state index in [2.05, 4.69) is 17.2 Å². The molecule has 2 aromatic carbocycles. The maximum absolute atomic E-state index is 13.3. The van der Waals surface area contributed by atoms with Crippen LogP contribution in [0.5, 0.6) is 5.75 Å². The molecule has 0 spiro atoms. The van der Waals surface area contributed by atoms with Gasteiger partial charge in [0.05, 0.1) is 10.6 Å². The quantitative estimate of drug-likeness (QED) is 0.589. The van der Waals surface area contributed by atoms with Gasteiger partial charge in [0.15, 0.2) is 11.5 Å². The van der Waals surface area contributed by atoms with Crippen LogP contribution < -0.4 is 15.4 Å². The van der Waals surface area contributed by atoms with Crippen LogP contribution in [0.3, 0.4) is 0 Å². The first-order valence-electron chi connectivity index (χ1n) is 8.54. The zero-order chi connectivity index (χ0) is 21.4. The SMILES string of the molecule is C=C(CCNC(=O)c1ccccc1[S+](C)[O-])NC(=O)COc1ccc(Cl)c(F)c1. The Morgan fingerprint density at radius 2 is 2.00 bits per heavy atom. The highest BCUT2D eigenvalue weighted by atomic mass is 35.5. The topological polar surface area (TPSA) is 90.5 Å². The summed E-state index contributed by atoms with van der Waals surface area (Å²) in [6, 6.07) is 10.5. The van der Waals surface area contributed by atoms with Crippen molar-refractivity contribution in [1.82, 2.24) is 10.6 Å². The summed E-state index contributed by atoms with van der Waals surface area (Å²) < 4.78 is 30.2. The molecule has 0 aromatic heterocycles. The molecule has 0 radical (unpaired) electrons. The first-order chi connectivity index (χ1) is 13.8. The van der Waals surface area contributed by atoms with Crippen molar-refractivity contribution in [2.45, 2.75) is 11.3 Å². The highest BCUT2D eigenvalue weighted by Crippen LogP contribution is 2.20. The third-order valence-corrected chi connectivity index (χ3v) is 5.01. The van der Waals surface area contributed by atoms with Crippen molar-refractivity contribution in [2.75, 3.05) is 19.4 Å². The summed E-state index contributed by atoms with van der Waals surface area (Å²) in [5.41, 5.74) is 0.722. The van der Waals surface area contributed by atoms with E-state index in [1.807, 2.05) is 0 Å². The van der Waals surface area contributed by atoms with Gasteiger partial charge in [-0.3, -0.25) is 9.59 Å². The third kappa shape index (κ3) is 7.08. The molecule has 0 aliphatic rings. The Morgan fingerprint density at radius 1 is 1.28 bits per heavy atom. The number of carbonyl (C=O) groups is 2. The van der Waals surface area contributed by atoms with Crippen LogP contribution in [0, 0.1) is 5.82 Å². The fourth-order valence-electron chi connectivity index (χ4n) is 2.34. The lowest BCUT2D eigenvalue weighted by Crippen LogP contribution is -2.31. The molecule has 0 saturated carbocycles. The number of hydrogen-bond donors (Lipinski definition) is 2. The molecule has 0 aliphatic carbocycles. The predicted octanol–water partition coefficient (Wildman–Crippen LogP) is 3.05. The fraction of sp³-hybridized carbons (Fsp3) is 0.200. The smallest absolute Gasteiger partial charge is 0.262 e. The van der Waals surface area contributed by atoms with E-state index in [1.54, 1.807) is 24.3 Å². The first-order valence-corrected chi connectivity index (χ1v) is 10.5. The molecule has 6 nitrogen and oxygen atoms in total. The second-order valence-corrected chi connectivity index (χ2v) is 7.73. The van der Waals surface area contributed by atoms with Gasteiger partial charge < -0.3 is 19.9 Å². The van der Waals surface area contributed by atoms with E-state index in [0.29, 0.717) is 22.6 Å². The second kappa shape index (κ2) is 10.8. The van der Waals surface area contributed by atoms with Crippen LogP contribution >= 0.6 is 11.6 Å². The van der Waals surface area contributed by atoms with Crippen molar-refractivity contribution in [3.8, 4) is 5.75 Å². The van der Waals surface area contributed by atoms with Crippen LogP contribution in [0.25, 0.3) is 0 Å². The van der Waals surface area contributed by atoms with Crippen molar-refractivity contribution >= 4 is 34.6 Å². The van der Waals surface area contributed by atoms with Crippen LogP contribution in [0.1, 0.15) is 16.8 Å². The Balaban J connectivity index is 1.74. The van der Waals surface area contributed by atoms with Gasteiger partial charge in [-0.25, -0.2) is 4.39 Å². The molecule has 9 heteroatoms. The molecule has 1 atom stereocenters. The number of amides is 2. The molecule has 0 saturated heterocycles. The molecular weight excluding hydrogens is 419 g/mol. The van der Waals surface area contributed by atoms with Gasteiger partial charge in [-0.2, -0.15) is 0 Å².